The Labute approximate surface area is 129 Å². The molecule has 0 radical (unpaired) electrons. The van der Waals surface area contributed by atoms with E-state index in [4.69, 9.17) is 5.11 Å². The topological polar surface area (TPSA) is 112 Å². The summed E-state index contributed by atoms with van der Waals surface area (Å²) in [7, 11) is -2.90. The molecule has 0 aromatic heterocycles. The molecule has 6 nitrogen and oxygen atoms in total. The Morgan fingerprint density at radius 2 is 1.82 bits per heavy atom. The number of carboxylic acid groups (broad SMARTS) is 2. The van der Waals surface area contributed by atoms with Gasteiger partial charge >= 0.3 is 20.0 Å². The highest BCUT2D eigenvalue weighted by atomic mass is 31.1. The van der Waals surface area contributed by atoms with Gasteiger partial charge in [0, 0.05) is 0 Å². The van der Waals surface area contributed by atoms with Gasteiger partial charge in [-0.2, -0.15) is 4.89 Å². The molecule has 1 aromatic rings. The molecule has 0 aliphatic carbocycles. The van der Waals surface area contributed by atoms with Crippen molar-refractivity contribution in [1.82, 2.24) is 0 Å². The van der Waals surface area contributed by atoms with E-state index in [0.29, 0.717) is 12.8 Å². The molecule has 3 atom stereocenters. The Balaban J connectivity index is 2.82. The molecule has 22 heavy (non-hydrogen) atoms. The summed E-state index contributed by atoms with van der Waals surface area (Å²) >= 11 is 0. The van der Waals surface area contributed by atoms with Crippen LogP contribution in [-0.4, -0.2) is 32.7 Å². The number of benzene rings is 1. The maximum Gasteiger partial charge on any atom is 0.510 e. The monoisotopic (exact) mass is 327 g/mol. The summed E-state index contributed by atoms with van der Waals surface area (Å²) in [6.07, 6.45) is 0.620. The fourth-order valence-electron chi connectivity index (χ4n) is 2.43. The van der Waals surface area contributed by atoms with Crippen molar-refractivity contribution in [2.75, 3.05) is 0 Å². The molecule has 0 aliphatic rings. The summed E-state index contributed by atoms with van der Waals surface area (Å²) in [5.41, 5.74) is -1.82. The van der Waals surface area contributed by atoms with Gasteiger partial charge < -0.3 is 10.2 Å². The van der Waals surface area contributed by atoms with Crippen LogP contribution < -0.4 is 0 Å². The summed E-state index contributed by atoms with van der Waals surface area (Å²) in [6.45, 7) is 1.34. The second-order valence-electron chi connectivity index (χ2n) is 5.48. The van der Waals surface area contributed by atoms with Crippen LogP contribution in [0.4, 0.5) is 0 Å². The molecule has 120 valence electrons. The average Bonchev–Trinajstić information content (AvgIpc) is 2.45. The highest BCUT2D eigenvalue weighted by molar-refractivity contribution is 7.39. The molecular formula is C15H20O6P+. The van der Waals surface area contributed by atoms with Gasteiger partial charge in [-0.25, -0.2) is 0 Å². The summed E-state index contributed by atoms with van der Waals surface area (Å²) < 4.78 is 11.4. The van der Waals surface area contributed by atoms with Crippen LogP contribution in [0.2, 0.25) is 0 Å². The Morgan fingerprint density at radius 3 is 2.27 bits per heavy atom. The molecule has 3 unspecified atom stereocenters. The van der Waals surface area contributed by atoms with Gasteiger partial charge in [0.05, 0.1) is 6.42 Å². The first-order valence-electron chi connectivity index (χ1n) is 6.91. The standard InChI is InChI=1S/C15H19O6P/c1-15(14(18)19,12(22(20)21)10-13(16)17)9-5-8-11-6-3-2-4-7-11/h2-4,6-7,12H,5,8-10H2,1H3,(H2-,16,17,18,19,20,21)/p+1. The molecule has 0 saturated carbocycles. The van der Waals surface area contributed by atoms with Crippen molar-refractivity contribution in [3.05, 3.63) is 35.9 Å². The minimum atomic E-state index is -2.90. The Bertz CT molecular complexity index is 544. The van der Waals surface area contributed by atoms with E-state index in [0.717, 1.165) is 5.56 Å². The second kappa shape index (κ2) is 8.01. The van der Waals surface area contributed by atoms with Crippen LogP contribution in [0.25, 0.3) is 0 Å². The van der Waals surface area contributed by atoms with Crippen LogP contribution in [0.1, 0.15) is 31.7 Å². The first-order chi connectivity index (χ1) is 10.3. The Kier molecular flexibility index (Phi) is 6.65. The van der Waals surface area contributed by atoms with Crippen molar-refractivity contribution in [3.8, 4) is 0 Å². The van der Waals surface area contributed by atoms with E-state index in [2.05, 4.69) is 0 Å². The SMILES string of the molecule is CC(CCCc1ccccc1)(C(=O)O)C(CC(=O)O)[P+](=O)O. The predicted molar refractivity (Wildman–Crippen MR) is 81.0 cm³/mol. The van der Waals surface area contributed by atoms with Gasteiger partial charge in [0.25, 0.3) is 0 Å². The summed E-state index contributed by atoms with van der Waals surface area (Å²) in [5, 5.41) is 18.3. The van der Waals surface area contributed by atoms with Crippen molar-refractivity contribution >= 4 is 20.0 Å². The van der Waals surface area contributed by atoms with Crippen molar-refractivity contribution in [2.24, 2.45) is 5.41 Å². The number of aryl methyl sites for hydroxylation is 1. The average molecular weight is 327 g/mol. The molecule has 1 rings (SSSR count). The summed E-state index contributed by atoms with van der Waals surface area (Å²) in [4.78, 5) is 31.7. The predicted octanol–water partition coefficient (Wildman–Crippen LogP) is 2.68. The maximum absolute atomic E-state index is 11.6. The Morgan fingerprint density at radius 1 is 1.23 bits per heavy atom. The second-order valence-corrected chi connectivity index (χ2v) is 6.71. The molecule has 0 fully saturated rings. The smallest absolute Gasteiger partial charge is 0.481 e. The number of rotatable bonds is 9. The van der Waals surface area contributed by atoms with Crippen LogP contribution in [0.3, 0.4) is 0 Å². The van der Waals surface area contributed by atoms with Gasteiger partial charge in [-0.3, -0.25) is 9.59 Å². The molecule has 0 heterocycles. The van der Waals surface area contributed by atoms with E-state index >= 15 is 0 Å². The lowest BCUT2D eigenvalue weighted by Gasteiger charge is -2.25. The lowest BCUT2D eigenvalue weighted by molar-refractivity contribution is -0.149. The van der Waals surface area contributed by atoms with E-state index in [1.54, 1.807) is 0 Å². The van der Waals surface area contributed by atoms with Gasteiger partial charge in [-0.1, -0.05) is 30.3 Å². The van der Waals surface area contributed by atoms with E-state index in [1.165, 1.54) is 6.92 Å². The highest BCUT2D eigenvalue weighted by Gasteiger charge is 2.53. The summed E-state index contributed by atoms with van der Waals surface area (Å²) in [6, 6.07) is 9.47. The third kappa shape index (κ3) is 4.90. The molecule has 0 aliphatic heterocycles. The van der Waals surface area contributed by atoms with E-state index in [1.807, 2.05) is 30.3 Å². The number of carboxylic acids is 2. The first kappa shape index (κ1) is 18.3. The van der Waals surface area contributed by atoms with Gasteiger partial charge in [0.2, 0.25) is 5.66 Å². The number of hydrogen-bond donors (Lipinski definition) is 3. The fourth-order valence-corrected chi connectivity index (χ4v) is 3.47. The van der Waals surface area contributed by atoms with Gasteiger partial charge in [-0.05, 0) is 36.3 Å². The van der Waals surface area contributed by atoms with Crippen LogP contribution in [0.5, 0.6) is 0 Å². The largest absolute Gasteiger partial charge is 0.510 e. The lowest BCUT2D eigenvalue weighted by Crippen LogP contribution is -2.39. The number of aliphatic carboxylic acids is 2. The van der Waals surface area contributed by atoms with Crippen molar-refractivity contribution in [1.29, 1.82) is 0 Å². The summed E-state index contributed by atoms with van der Waals surface area (Å²) in [5.74, 6) is -2.53. The number of hydrogen-bond acceptors (Lipinski definition) is 3. The van der Waals surface area contributed by atoms with Crippen LogP contribution in [0.15, 0.2) is 30.3 Å². The van der Waals surface area contributed by atoms with Crippen molar-refractivity contribution in [2.45, 2.75) is 38.3 Å². The quantitative estimate of drug-likeness (QED) is 0.601. The fraction of sp³-hybridized carbons (Fsp3) is 0.467. The van der Waals surface area contributed by atoms with Crippen molar-refractivity contribution in [3.63, 3.8) is 0 Å². The van der Waals surface area contributed by atoms with Gasteiger partial charge in [0.15, 0.2) is 0 Å². The molecule has 3 N–H and O–H groups in total. The normalized spacial score (nSPS) is 15.6. The van der Waals surface area contributed by atoms with E-state index in [-0.39, 0.29) is 6.42 Å². The lowest BCUT2D eigenvalue weighted by atomic mass is 9.79. The number of carbonyl (C=O) groups is 2. The molecule has 1 aromatic carbocycles. The zero-order chi connectivity index (χ0) is 16.8. The van der Waals surface area contributed by atoms with E-state index in [9.17, 15) is 24.2 Å². The molecule has 0 bridgehead atoms. The zero-order valence-corrected chi connectivity index (χ0v) is 13.2. The third-order valence-corrected chi connectivity index (χ3v) is 5.15. The zero-order valence-electron chi connectivity index (χ0n) is 12.3. The minimum absolute atomic E-state index is 0.136. The molecule has 0 saturated heterocycles. The minimum Gasteiger partial charge on any atom is -0.481 e. The van der Waals surface area contributed by atoms with Crippen LogP contribution >= 0.6 is 8.03 Å². The molecular weight excluding hydrogens is 307 g/mol. The van der Waals surface area contributed by atoms with Gasteiger partial charge in [0.1, 0.15) is 5.41 Å². The van der Waals surface area contributed by atoms with Crippen LogP contribution in [0, 0.1) is 5.41 Å². The molecule has 0 spiro atoms. The van der Waals surface area contributed by atoms with Crippen LogP contribution in [-0.2, 0) is 20.6 Å². The van der Waals surface area contributed by atoms with Crippen molar-refractivity contribution < 1.29 is 29.3 Å². The first-order valence-corrected chi connectivity index (χ1v) is 8.20. The third-order valence-electron chi connectivity index (χ3n) is 3.86. The van der Waals surface area contributed by atoms with Gasteiger partial charge in [-0.15, -0.1) is 0 Å². The maximum atomic E-state index is 11.6. The van der Waals surface area contributed by atoms with E-state index < -0.39 is 37.5 Å². The molecule has 7 heteroatoms. The molecule has 0 amide bonds. The highest BCUT2D eigenvalue weighted by Crippen LogP contribution is 2.43. The Hall–Kier alpha value is -1.78.